The number of anilines is 1. The van der Waals surface area contributed by atoms with Crippen LogP contribution in [0.5, 0.6) is 0 Å². The molecule has 0 unspecified atom stereocenters. The summed E-state index contributed by atoms with van der Waals surface area (Å²) < 4.78 is 12.8. The van der Waals surface area contributed by atoms with Gasteiger partial charge in [-0.05, 0) is 29.3 Å². The minimum absolute atomic E-state index is 0.221. The molecule has 0 atom stereocenters. The van der Waals surface area contributed by atoms with E-state index in [0.717, 1.165) is 11.1 Å². The molecule has 0 heterocycles. The molecular formula is C21H17FN2O2. The normalized spacial score (nSPS) is 10.7. The summed E-state index contributed by atoms with van der Waals surface area (Å²) in [6.07, 6.45) is 1.42. The van der Waals surface area contributed by atoms with Crippen molar-refractivity contribution in [3.05, 3.63) is 90.2 Å². The van der Waals surface area contributed by atoms with Crippen molar-refractivity contribution in [1.29, 1.82) is 0 Å². The van der Waals surface area contributed by atoms with E-state index in [-0.39, 0.29) is 18.3 Å². The molecule has 0 aliphatic rings. The number of para-hydroxylation sites is 1. The molecule has 26 heavy (non-hydrogen) atoms. The second kappa shape index (κ2) is 8.58. The van der Waals surface area contributed by atoms with Crippen LogP contribution < -0.4 is 5.32 Å². The van der Waals surface area contributed by atoms with Gasteiger partial charge < -0.3 is 10.2 Å². The number of oxime groups is 1. The van der Waals surface area contributed by atoms with Crippen molar-refractivity contribution in [2.45, 2.75) is 0 Å². The van der Waals surface area contributed by atoms with E-state index in [1.807, 2.05) is 54.6 Å². The number of amides is 1. The van der Waals surface area contributed by atoms with E-state index in [4.69, 9.17) is 4.84 Å². The Hall–Kier alpha value is -3.47. The van der Waals surface area contributed by atoms with Gasteiger partial charge in [-0.1, -0.05) is 65.8 Å². The van der Waals surface area contributed by atoms with Gasteiger partial charge in [0.15, 0.2) is 6.61 Å². The summed E-state index contributed by atoms with van der Waals surface area (Å²) in [4.78, 5) is 17.1. The van der Waals surface area contributed by atoms with Gasteiger partial charge >= 0.3 is 0 Å². The summed E-state index contributed by atoms with van der Waals surface area (Å²) in [5, 5.41) is 6.55. The van der Waals surface area contributed by atoms with Gasteiger partial charge in [-0.25, -0.2) is 4.39 Å². The molecule has 3 rings (SSSR count). The fourth-order valence-corrected chi connectivity index (χ4v) is 2.39. The second-order valence-corrected chi connectivity index (χ2v) is 5.52. The predicted molar refractivity (Wildman–Crippen MR) is 100 cm³/mol. The zero-order valence-electron chi connectivity index (χ0n) is 13.9. The first-order chi connectivity index (χ1) is 12.7. The van der Waals surface area contributed by atoms with Gasteiger partial charge in [-0.2, -0.15) is 0 Å². The van der Waals surface area contributed by atoms with Crippen molar-refractivity contribution in [2.75, 3.05) is 11.9 Å². The van der Waals surface area contributed by atoms with Crippen molar-refractivity contribution >= 4 is 17.8 Å². The number of rotatable bonds is 6. The molecule has 0 aliphatic carbocycles. The molecule has 0 fully saturated rings. The van der Waals surface area contributed by atoms with E-state index >= 15 is 0 Å². The highest BCUT2D eigenvalue weighted by Gasteiger charge is 2.08. The maximum absolute atomic E-state index is 12.8. The number of hydrogen-bond donors (Lipinski definition) is 1. The molecule has 0 radical (unpaired) electrons. The zero-order chi connectivity index (χ0) is 18.2. The Balaban J connectivity index is 1.58. The fourth-order valence-electron chi connectivity index (χ4n) is 2.39. The molecule has 4 nitrogen and oxygen atoms in total. The first-order valence-corrected chi connectivity index (χ1v) is 8.07. The van der Waals surface area contributed by atoms with Gasteiger partial charge in [0.2, 0.25) is 0 Å². The number of carbonyl (C=O) groups excluding carboxylic acids is 1. The molecule has 0 aliphatic heterocycles. The Morgan fingerprint density at radius 3 is 2.42 bits per heavy atom. The maximum Gasteiger partial charge on any atom is 0.265 e. The van der Waals surface area contributed by atoms with Crippen molar-refractivity contribution < 1.29 is 14.0 Å². The summed E-state index contributed by atoms with van der Waals surface area (Å²) in [6, 6.07) is 23.1. The van der Waals surface area contributed by atoms with Crippen molar-refractivity contribution in [2.24, 2.45) is 5.16 Å². The molecule has 1 amide bonds. The van der Waals surface area contributed by atoms with Crippen LogP contribution in [0.1, 0.15) is 5.56 Å². The van der Waals surface area contributed by atoms with Crippen LogP contribution in [0.25, 0.3) is 11.1 Å². The highest BCUT2D eigenvalue weighted by atomic mass is 19.1. The Morgan fingerprint density at radius 1 is 0.962 bits per heavy atom. The fraction of sp³-hybridized carbons (Fsp3) is 0.0476. The third-order valence-electron chi connectivity index (χ3n) is 3.63. The van der Waals surface area contributed by atoms with E-state index in [0.29, 0.717) is 11.3 Å². The summed E-state index contributed by atoms with van der Waals surface area (Å²) in [5.41, 5.74) is 3.32. The Bertz CT molecular complexity index is 893. The molecule has 3 aromatic carbocycles. The first-order valence-electron chi connectivity index (χ1n) is 8.07. The van der Waals surface area contributed by atoms with Crippen LogP contribution in [0.2, 0.25) is 0 Å². The SMILES string of the molecule is O=C(CO/N=C/c1ccc(F)cc1)Nc1ccccc1-c1ccccc1. The molecule has 3 aromatic rings. The highest BCUT2D eigenvalue weighted by Crippen LogP contribution is 2.27. The molecule has 130 valence electrons. The quantitative estimate of drug-likeness (QED) is 0.527. The monoisotopic (exact) mass is 348 g/mol. The molecular weight excluding hydrogens is 331 g/mol. The zero-order valence-corrected chi connectivity index (χ0v) is 13.9. The molecule has 1 N–H and O–H groups in total. The lowest BCUT2D eigenvalue weighted by Gasteiger charge is -2.10. The van der Waals surface area contributed by atoms with E-state index in [1.165, 1.54) is 18.3 Å². The number of carbonyl (C=O) groups is 1. The van der Waals surface area contributed by atoms with Crippen molar-refractivity contribution in [3.63, 3.8) is 0 Å². The maximum atomic E-state index is 12.8. The number of nitrogens with zero attached hydrogens (tertiary/aromatic N) is 1. The van der Waals surface area contributed by atoms with Crippen LogP contribution in [0.4, 0.5) is 10.1 Å². The van der Waals surface area contributed by atoms with Gasteiger partial charge in [-0.3, -0.25) is 4.79 Å². The second-order valence-electron chi connectivity index (χ2n) is 5.52. The minimum Gasteiger partial charge on any atom is -0.386 e. The van der Waals surface area contributed by atoms with E-state index < -0.39 is 0 Å². The molecule has 0 saturated carbocycles. The Morgan fingerprint density at radius 2 is 1.65 bits per heavy atom. The predicted octanol–water partition coefficient (Wildman–Crippen LogP) is 4.48. The number of halogens is 1. The van der Waals surface area contributed by atoms with Gasteiger partial charge in [0.1, 0.15) is 5.82 Å². The van der Waals surface area contributed by atoms with E-state index in [1.54, 1.807) is 12.1 Å². The van der Waals surface area contributed by atoms with Gasteiger partial charge in [-0.15, -0.1) is 0 Å². The molecule has 0 aromatic heterocycles. The highest BCUT2D eigenvalue weighted by molar-refractivity contribution is 5.96. The number of nitrogens with one attached hydrogen (secondary N) is 1. The largest absolute Gasteiger partial charge is 0.386 e. The average molecular weight is 348 g/mol. The molecule has 0 spiro atoms. The van der Waals surface area contributed by atoms with Crippen LogP contribution >= 0.6 is 0 Å². The number of hydrogen-bond acceptors (Lipinski definition) is 3. The molecule has 0 saturated heterocycles. The topological polar surface area (TPSA) is 50.7 Å². The summed E-state index contributed by atoms with van der Waals surface area (Å²) in [6.45, 7) is -0.221. The average Bonchev–Trinajstić information content (AvgIpc) is 2.68. The standard InChI is InChI=1S/C21H17FN2O2/c22-18-12-10-16(11-13-18)14-23-26-15-21(25)24-20-9-5-4-8-19(20)17-6-2-1-3-7-17/h1-14H,15H2,(H,24,25)/b23-14+. The van der Waals surface area contributed by atoms with E-state index in [9.17, 15) is 9.18 Å². The van der Waals surface area contributed by atoms with E-state index in [2.05, 4.69) is 10.5 Å². The summed E-state index contributed by atoms with van der Waals surface area (Å²) in [7, 11) is 0. The molecule has 0 bridgehead atoms. The third kappa shape index (κ3) is 4.77. The van der Waals surface area contributed by atoms with Crippen molar-refractivity contribution in [1.82, 2.24) is 0 Å². The van der Waals surface area contributed by atoms with Crippen LogP contribution in [-0.2, 0) is 9.63 Å². The Kier molecular flexibility index (Phi) is 5.72. The lowest BCUT2D eigenvalue weighted by atomic mass is 10.0. The van der Waals surface area contributed by atoms with Gasteiger partial charge in [0, 0.05) is 11.3 Å². The van der Waals surface area contributed by atoms with Crippen LogP contribution in [0.3, 0.4) is 0 Å². The number of benzene rings is 3. The van der Waals surface area contributed by atoms with Crippen LogP contribution in [0.15, 0.2) is 84.0 Å². The Labute approximate surface area is 150 Å². The third-order valence-corrected chi connectivity index (χ3v) is 3.63. The van der Waals surface area contributed by atoms with Crippen molar-refractivity contribution in [3.8, 4) is 11.1 Å². The lowest BCUT2D eigenvalue weighted by molar-refractivity contribution is -0.120. The summed E-state index contributed by atoms with van der Waals surface area (Å²) >= 11 is 0. The first kappa shape index (κ1) is 17.4. The van der Waals surface area contributed by atoms with Gasteiger partial charge in [0.05, 0.1) is 6.21 Å². The smallest absolute Gasteiger partial charge is 0.265 e. The van der Waals surface area contributed by atoms with Gasteiger partial charge in [0.25, 0.3) is 5.91 Å². The molecule has 5 heteroatoms. The van der Waals surface area contributed by atoms with Crippen LogP contribution in [-0.4, -0.2) is 18.7 Å². The minimum atomic E-state index is -0.320. The van der Waals surface area contributed by atoms with Crippen LogP contribution in [0, 0.1) is 5.82 Å². The lowest BCUT2D eigenvalue weighted by Crippen LogP contribution is -2.17. The summed E-state index contributed by atoms with van der Waals surface area (Å²) in [5.74, 6) is -0.635.